The van der Waals surface area contributed by atoms with Crippen molar-refractivity contribution < 1.29 is 13.2 Å². The van der Waals surface area contributed by atoms with Gasteiger partial charge in [-0.25, -0.2) is 17.4 Å². The van der Waals surface area contributed by atoms with E-state index < -0.39 is 10.0 Å². The molecule has 3 aromatic rings. The molecule has 1 aromatic carbocycles. The van der Waals surface area contributed by atoms with E-state index >= 15 is 0 Å². The second-order valence-corrected chi connectivity index (χ2v) is 6.01. The highest BCUT2D eigenvalue weighted by Gasteiger charge is 2.19. The topological polar surface area (TPSA) is 69.0 Å². The summed E-state index contributed by atoms with van der Waals surface area (Å²) >= 11 is 0. The van der Waals surface area contributed by atoms with Crippen LogP contribution in [0.4, 0.5) is 0 Å². The van der Waals surface area contributed by atoms with Crippen LogP contribution in [0.5, 0.6) is 0 Å². The maximum Gasteiger partial charge on any atom is 0.269 e. The third-order valence-electron chi connectivity index (χ3n) is 2.95. The Morgan fingerprint density at radius 1 is 1.00 bits per heavy atom. The van der Waals surface area contributed by atoms with Crippen molar-refractivity contribution in [2.45, 2.75) is 4.90 Å². The largest absolute Gasteiger partial charge is 0.296 e. The highest BCUT2D eigenvalue weighted by Crippen LogP contribution is 2.20. The maximum atomic E-state index is 12.5. The van der Waals surface area contributed by atoms with Crippen LogP contribution < -0.4 is 0 Å². The summed E-state index contributed by atoms with van der Waals surface area (Å²) in [5, 5.41) is 0.662. The van der Waals surface area contributed by atoms with Crippen LogP contribution in [-0.2, 0) is 10.0 Å². The predicted molar refractivity (Wildman–Crippen MR) is 74.1 cm³/mol. The van der Waals surface area contributed by atoms with Crippen LogP contribution in [0.1, 0.15) is 10.5 Å². The van der Waals surface area contributed by atoms with Crippen LogP contribution in [-0.4, -0.2) is 23.7 Å². The number of aldehydes is 1. The molecule has 0 N–H and O–H groups in total. The molecule has 0 amide bonds. The lowest BCUT2D eigenvalue weighted by atomic mass is 10.3. The molecule has 6 heteroatoms. The van der Waals surface area contributed by atoms with E-state index in [1.165, 1.54) is 18.3 Å². The Bertz CT molecular complexity index is 883. The number of hydrogen-bond acceptors (Lipinski definition) is 4. The Balaban J connectivity index is 2.27. The van der Waals surface area contributed by atoms with Crippen molar-refractivity contribution in [2.75, 3.05) is 0 Å². The second kappa shape index (κ2) is 4.57. The Kier molecular flexibility index (Phi) is 2.87. The van der Waals surface area contributed by atoms with Crippen LogP contribution in [0.3, 0.4) is 0 Å². The smallest absolute Gasteiger partial charge is 0.269 e. The Labute approximate surface area is 115 Å². The molecule has 0 unspecified atom stereocenters. The fourth-order valence-corrected chi connectivity index (χ4v) is 3.29. The van der Waals surface area contributed by atoms with Crippen molar-refractivity contribution in [3.63, 3.8) is 0 Å². The van der Waals surface area contributed by atoms with Gasteiger partial charge in [0.15, 0.2) is 11.9 Å². The number of carbonyl (C=O) groups is 1. The zero-order chi connectivity index (χ0) is 14.2. The summed E-state index contributed by atoms with van der Waals surface area (Å²) in [4.78, 5) is 15.0. The molecule has 0 fully saturated rings. The first-order valence-electron chi connectivity index (χ1n) is 5.87. The lowest BCUT2D eigenvalue weighted by molar-refractivity contribution is 0.111. The normalized spacial score (nSPS) is 11.6. The maximum absolute atomic E-state index is 12.5. The summed E-state index contributed by atoms with van der Waals surface area (Å²) in [6.07, 6.45) is 2.03. The molecule has 5 nitrogen and oxygen atoms in total. The summed E-state index contributed by atoms with van der Waals surface area (Å²) in [7, 11) is -3.71. The average Bonchev–Trinajstić information content (AvgIpc) is 2.91. The molecule has 0 spiro atoms. The van der Waals surface area contributed by atoms with Gasteiger partial charge in [-0.15, -0.1) is 0 Å². The van der Waals surface area contributed by atoms with Crippen LogP contribution in [0.25, 0.3) is 11.0 Å². The number of aromatic nitrogens is 2. The number of fused-ring (bicyclic) bond motifs is 1. The highest BCUT2D eigenvalue weighted by atomic mass is 32.2. The van der Waals surface area contributed by atoms with E-state index in [1.807, 2.05) is 0 Å². The van der Waals surface area contributed by atoms with E-state index in [-0.39, 0.29) is 16.2 Å². The number of hydrogen-bond donors (Lipinski definition) is 0. The zero-order valence-electron chi connectivity index (χ0n) is 10.3. The summed E-state index contributed by atoms with van der Waals surface area (Å²) in [5.74, 6) is 0. The van der Waals surface area contributed by atoms with Gasteiger partial charge in [0, 0.05) is 11.6 Å². The molecule has 0 bridgehead atoms. The molecule has 0 radical (unpaired) electrons. The van der Waals surface area contributed by atoms with Crippen molar-refractivity contribution >= 4 is 27.3 Å². The van der Waals surface area contributed by atoms with Gasteiger partial charge in [-0.3, -0.25) is 4.79 Å². The van der Waals surface area contributed by atoms with Gasteiger partial charge in [0.1, 0.15) is 5.69 Å². The first kappa shape index (κ1) is 12.6. The minimum absolute atomic E-state index is 0.177. The Morgan fingerprint density at radius 3 is 2.45 bits per heavy atom. The first-order chi connectivity index (χ1) is 9.63. The van der Waals surface area contributed by atoms with Gasteiger partial charge in [-0.05, 0) is 30.3 Å². The van der Waals surface area contributed by atoms with Crippen LogP contribution in [0.2, 0.25) is 0 Å². The molecule has 20 heavy (non-hydrogen) atoms. The SMILES string of the molecule is O=Cc1ccc2ccn(S(=O)(=O)c3ccccc3)c2n1. The monoisotopic (exact) mass is 286 g/mol. The van der Waals surface area contributed by atoms with Gasteiger partial charge in [-0.1, -0.05) is 18.2 Å². The van der Waals surface area contributed by atoms with Gasteiger partial charge in [0.05, 0.1) is 4.90 Å². The molecule has 3 rings (SSSR count). The minimum atomic E-state index is -3.71. The van der Waals surface area contributed by atoms with Crippen molar-refractivity contribution in [2.24, 2.45) is 0 Å². The van der Waals surface area contributed by atoms with E-state index in [0.29, 0.717) is 11.7 Å². The van der Waals surface area contributed by atoms with Crippen molar-refractivity contribution in [1.29, 1.82) is 0 Å². The molecular formula is C14H10N2O3S. The van der Waals surface area contributed by atoms with E-state index in [9.17, 15) is 13.2 Å². The molecule has 0 aliphatic heterocycles. The summed E-state index contributed by atoms with van der Waals surface area (Å²) < 4.78 is 26.2. The third-order valence-corrected chi connectivity index (χ3v) is 4.63. The van der Waals surface area contributed by atoms with Crippen LogP contribution in [0.15, 0.2) is 59.6 Å². The molecule has 0 saturated carbocycles. The quantitative estimate of drug-likeness (QED) is 0.691. The lowest BCUT2D eigenvalue weighted by Crippen LogP contribution is -2.12. The third kappa shape index (κ3) is 1.90. The van der Waals surface area contributed by atoms with Crippen molar-refractivity contribution in [3.05, 3.63) is 60.4 Å². The van der Waals surface area contributed by atoms with E-state index in [1.54, 1.807) is 36.4 Å². The van der Waals surface area contributed by atoms with Crippen LogP contribution in [0, 0.1) is 0 Å². The number of carbonyl (C=O) groups excluding carboxylic acids is 1. The van der Waals surface area contributed by atoms with E-state index in [4.69, 9.17) is 0 Å². The molecule has 0 aliphatic rings. The molecule has 2 aromatic heterocycles. The van der Waals surface area contributed by atoms with Gasteiger partial charge >= 0.3 is 0 Å². The highest BCUT2D eigenvalue weighted by molar-refractivity contribution is 7.90. The molecule has 0 saturated heterocycles. The predicted octanol–water partition coefficient (Wildman–Crippen LogP) is 2.09. The Morgan fingerprint density at radius 2 is 1.75 bits per heavy atom. The molecule has 100 valence electrons. The lowest BCUT2D eigenvalue weighted by Gasteiger charge is -2.06. The molecular weight excluding hydrogens is 276 g/mol. The van der Waals surface area contributed by atoms with Crippen molar-refractivity contribution in [1.82, 2.24) is 8.96 Å². The molecule has 0 atom stereocenters. The summed E-state index contributed by atoms with van der Waals surface area (Å²) in [5.41, 5.74) is 0.444. The zero-order valence-corrected chi connectivity index (χ0v) is 11.1. The fourth-order valence-electron chi connectivity index (χ4n) is 1.96. The van der Waals surface area contributed by atoms with Gasteiger partial charge < -0.3 is 0 Å². The van der Waals surface area contributed by atoms with Gasteiger partial charge in [0.2, 0.25) is 0 Å². The summed E-state index contributed by atoms with van der Waals surface area (Å²) in [6, 6.07) is 13.0. The number of nitrogens with zero attached hydrogens (tertiary/aromatic N) is 2. The number of benzene rings is 1. The standard InChI is InChI=1S/C14H10N2O3S/c17-10-12-7-6-11-8-9-16(14(11)15-12)20(18,19)13-4-2-1-3-5-13/h1-10H. The van der Waals surface area contributed by atoms with Crippen molar-refractivity contribution in [3.8, 4) is 0 Å². The number of pyridine rings is 1. The molecule has 2 heterocycles. The minimum Gasteiger partial charge on any atom is -0.296 e. The van der Waals surface area contributed by atoms with E-state index in [0.717, 1.165) is 3.97 Å². The van der Waals surface area contributed by atoms with Gasteiger partial charge in [-0.2, -0.15) is 0 Å². The summed E-state index contributed by atoms with van der Waals surface area (Å²) in [6.45, 7) is 0. The molecule has 0 aliphatic carbocycles. The fraction of sp³-hybridized carbons (Fsp3) is 0. The van der Waals surface area contributed by atoms with Gasteiger partial charge in [0.25, 0.3) is 10.0 Å². The first-order valence-corrected chi connectivity index (χ1v) is 7.31. The Hall–Kier alpha value is -2.47. The van der Waals surface area contributed by atoms with Crippen LogP contribution >= 0.6 is 0 Å². The second-order valence-electron chi connectivity index (χ2n) is 4.20. The van der Waals surface area contributed by atoms with E-state index in [2.05, 4.69) is 4.98 Å². The number of rotatable bonds is 3. The average molecular weight is 286 g/mol.